The summed E-state index contributed by atoms with van der Waals surface area (Å²) in [5, 5.41) is 0.585. The Morgan fingerprint density at radius 3 is 2.76 bits per heavy atom. The standard InChI is InChI=1S/C17H18ClNO2/c1-10-3-5-15-12(7-10)14(19)9-17(21-15)11-4-6-16(20-2)13(18)8-11/h3-8,14,17H,9,19H2,1-2H3. The van der Waals surface area contributed by atoms with Gasteiger partial charge in [0.05, 0.1) is 12.1 Å². The highest BCUT2D eigenvalue weighted by Crippen LogP contribution is 2.41. The van der Waals surface area contributed by atoms with Crippen LogP contribution in [0.15, 0.2) is 36.4 Å². The minimum atomic E-state index is -0.0846. The maximum Gasteiger partial charge on any atom is 0.137 e. The van der Waals surface area contributed by atoms with Gasteiger partial charge in [0.15, 0.2) is 0 Å². The van der Waals surface area contributed by atoms with Crippen molar-refractivity contribution >= 4 is 11.6 Å². The predicted molar refractivity (Wildman–Crippen MR) is 84.1 cm³/mol. The molecule has 1 aliphatic rings. The highest BCUT2D eigenvalue weighted by Gasteiger charge is 2.27. The summed E-state index contributed by atoms with van der Waals surface area (Å²) in [6.45, 7) is 2.06. The molecule has 0 fully saturated rings. The fourth-order valence-corrected chi connectivity index (χ4v) is 2.98. The lowest BCUT2D eigenvalue weighted by Crippen LogP contribution is -2.24. The first-order valence-corrected chi connectivity index (χ1v) is 7.32. The molecule has 0 spiro atoms. The second kappa shape index (κ2) is 5.58. The molecule has 3 nitrogen and oxygen atoms in total. The van der Waals surface area contributed by atoms with Crippen LogP contribution in [0.3, 0.4) is 0 Å². The van der Waals surface area contributed by atoms with Crippen molar-refractivity contribution in [2.45, 2.75) is 25.5 Å². The molecule has 2 aromatic carbocycles. The van der Waals surface area contributed by atoms with Crippen molar-refractivity contribution in [2.75, 3.05) is 7.11 Å². The van der Waals surface area contributed by atoms with Gasteiger partial charge < -0.3 is 15.2 Å². The van der Waals surface area contributed by atoms with Crippen LogP contribution in [0.1, 0.15) is 35.3 Å². The number of hydrogen-bond acceptors (Lipinski definition) is 3. The third-order valence-electron chi connectivity index (χ3n) is 3.85. The molecule has 1 heterocycles. The third kappa shape index (κ3) is 2.71. The van der Waals surface area contributed by atoms with E-state index in [2.05, 4.69) is 13.0 Å². The van der Waals surface area contributed by atoms with Crippen LogP contribution in [0.2, 0.25) is 5.02 Å². The van der Waals surface area contributed by atoms with Crippen molar-refractivity contribution in [1.29, 1.82) is 0 Å². The molecule has 110 valence electrons. The monoisotopic (exact) mass is 303 g/mol. The van der Waals surface area contributed by atoms with E-state index < -0.39 is 0 Å². The van der Waals surface area contributed by atoms with Crippen LogP contribution in [0.4, 0.5) is 0 Å². The Balaban J connectivity index is 1.92. The Morgan fingerprint density at radius 1 is 1.24 bits per heavy atom. The molecule has 0 radical (unpaired) electrons. The van der Waals surface area contributed by atoms with Crippen molar-refractivity contribution < 1.29 is 9.47 Å². The molecular formula is C17H18ClNO2. The quantitative estimate of drug-likeness (QED) is 0.905. The van der Waals surface area contributed by atoms with Gasteiger partial charge in [-0.2, -0.15) is 0 Å². The number of aryl methyl sites for hydroxylation is 1. The van der Waals surface area contributed by atoms with Gasteiger partial charge in [0, 0.05) is 18.0 Å². The number of ether oxygens (including phenoxy) is 2. The van der Waals surface area contributed by atoms with Crippen molar-refractivity contribution in [2.24, 2.45) is 5.73 Å². The van der Waals surface area contributed by atoms with Crippen LogP contribution in [0.25, 0.3) is 0 Å². The van der Waals surface area contributed by atoms with Gasteiger partial charge in [-0.3, -0.25) is 0 Å². The zero-order valence-corrected chi connectivity index (χ0v) is 12.9. The molecule has 2 aromatic rings. The number of hydrogen-bond donors (Lipinski definition) is 1. The number of halogens is 1. The minimum absolute atomic E-state index is 0.0282. The van der Waals surface area contributed by atoms with E-state index in [9.17, 15) is 0 Å². The predicted octanol–water partition coefficient (Wildman–Crippen LogP) is 4.18. The summed E-state index contributed by atoms with van der Waals surface area (Å²) >= 11 is 6.19. The smallest absolute Gasteiger partial charge is 0.137 e. The summed E-state index contributed by atoms with van der Waals surface area (Å²) in [6.07, 6.45) is 0.651. The molecule has 3 rings (SSSR count). The van der Waals surface area contributed by atoms with Crippen molar-refractivity contribution in [3.05, 3.63) is 58.1 Å². The van der Waals surface area contributed by atoms with Gasteiger partial charge in [0.1, 0.15) is 17.6 Å². The maximum absolute atomic E-state index is 6.30. The summed E-state index contributed by atoms with van der Waals surface area (Å²) < 4.78 is 11.3. The first kappa shape index (κ1) is 14.2. The molecule has 21 heavy (non-hydrogen) atoms. The topological polar surface area (TPSA) is 44.5 Å². The zero-order chi connectivity index (χ0) is 15.0. The number of rotatable bonds is 2. The molecule has 2 N–H and O–H groups in total. The molecule has 0 saturated carbocycles. The summed E-state index contributed by atoms with van der Waals surface area (Å²) in [5.41, 5.74) is 9.58. The molecule has 0 amide bonds. The molecule has 0 aliphatic carbocycles. The number of methoxy groups -OCH3 is 1. The Kier molecular flexibility index (Phi) is 3.79. The molecular weight excluding hydrogens is 286 g/mol. The Bertz CT molecular complexity index is 672. The largest absolute Gasteiger partial charge is 0.495 e. The number of benzene rings is 2. The lowest BCUT2D eigenvalue weighted by Gasteiger charge is -2.31. The first-order chi connectivity index (χ1) is 10.1. The van der Waals surface area contributed by atoms with Gasteiger partial charge >= 0.3 is 0 Å². The van der Waals surface area contributed by atoms with Gasteiger partial charge in [0.2, 0.25) is 0 Å². The van der Waals surface area contributed by atoms with E-state index in [1.165, 1.54) is 5.56 Å². The lowest BCUT2D eigenvalue weighted by atomic mass is 9.92. The van der Waals surface area contributed by atoms with Crippen molar-refractivity contribution in [1.82, 2.24) is 0 Å². The van der Waals surface area contributed by atoms with E-state index in [4.69, 9.17) is 26.8 Å². The van der Waals surface area contributed by atoms with Gasteiger partial charge in [-0.05, 0) is 30.7 Å². The SMILES string of the molecule is COc1ccc(C2CC(N)c3cc(C)ccc3O2)cc1Cl. The summed E-state index contributed by atoms with van der Waals surface area (Å²) in [6, 6.07) is 11.8. The molecule has 2 unspecified atom stereocenters. The normalized spacial score (nSPS) is 20.6. The van der Waals surface area contributed by atoms with Crippen LogP contribution in [0, 0.1) is 6.92 Å². The fraction of sp³-hybridized carbons (Fsp3) is 0.294. The van der Waals surface area contributed by atoms with E-state index >= 15 is 0 Å². The fourth-order valence-electron chi connectivity index (χ4n) is 2.71. The first-order valence-electron chi connectivity index (χ1n) is 6.94. The van der Waals surface area contributed by atoms with E-state index in [1.807, 2.05) is 30.3 Å². The number of nitrogens with two attached hydrogens (primary N) is 1. The van der Waals surface area contributed by atoms with Crippen LogP contribution in [-0.4, -0.2) is 7.11 Å². The Labute approximate surface area is 129 Å². The molecule has 4 heteroatoms. The third-order valence-corrected chi connectivity index (χ3v) is 4.15. The highest BCUT2D eigenvalue weighted by molar-refractivity contribution is 6.32. The van der Waals surface area contributed by atoms with Crippen molar-refractivity contribution in [3.63, 3.8) is 0 Å². The summed E-state index contributed by atoms with van der Waals surface area (Å²) in [5.74, 6) is 1.52. The second-order valence-electron chi connectivity index (χ2n) is 5.38. The minimum Gasteiger partial charge on any atom is -0.495 e. The van der Waals surface area contributed by atoms with E-state index in [1.54, 1.807) is 7.11 Å². The second-order valence-corrected chi connectivity index (χ2v) is 5.79. The summed E-state index contributed by atoms with van der Waals surface area (Å²) in [4.78, 5) is 0. The van der Waals surface area contributed by atoms with E-state index in [-0.39, 0.29) is 12.1 Å². The lowest BCUT2D eigenvalue weighted by molar-refractivity contribution is 0.161. The molecule has 1 aliphatic heterocycles. The van der Waals surface area contributed by atoms with Crippen molar-refractivity contribution in [3.8, 4) is 11.5 Å². The Hall–Kier alpha value is -1.71. The van der Waals surface area contributed by atoms with E-state index in [0.29, 0.717) is 10.8 Å². The molecule has 0 saturated heterocycles. The average Bonchev–Trinajstić information content (AvgIpc) is 2.47. The van der Waals surface area contributed by atoms with Gasteiger partial charge in [-0.1, -0.05) is 35.4 Å². The molecule has 2 atom stereocenters. The summed E-state index contributed by atoms with van der Waals surface area (Å²) in [7, 11) is 1.60. The van der Waals surface area contributed by atoms with E-state index in [0.717, 1.165) is 23.3 Å². The highest BCUT2D eigenvalue weighted by atomic mass is 35.5. The van der Waals surface area contributed by atoms with Crippen LogP contribution in [0.5, 0.6) is 11.5 Å². The average molecular weight is 304 g/mol. The zero-order valence-electron chi connectivity index (χ0n) is 12.1. The number of fused-ring (bicyclic) bond motifs is 1. The maximum atomic E-state index is 6.30. The Morgan fingerprint density at radius 2 is 2.05 bits per heavy atom. The van der Waals surface area contributed by atoms with Crippen LogP contribution in [-0.2, 0) is 0 Å². The molecule has 0 bridgehead atoms. The molecule has 0 aromatic heterocycles. The van der Waals surface area contributed by atoms with Gasteiger partial charge in [-0.25, -0.2) is 0 Å². The van der Waals surface area contributed by atoms with Gasteiger partial charge in [-0.15, -0.1) is 0 Å². The van der Waals surface area contributed by atoms with Crippen LogP contribution >= 0.6 is 11.6 Å². The van der Waals surface area contributed by atoms with Gasteiger partial charge in [0.25, 0.3) is 0 Å². The van der Waals surface area contributed by atoms with Crippen LogP contribution < -0.4 is 15.2 Å².